The standard InChI is InChI=1S/C58H99O11P/c1-4-7-10-13-16-19-22-24-26-27-29-31-34-37-40-43-46-49-58(62)69-55(51-65-56(60)47-44-41-38-35-32-21-18-15-12-9-6-3)53-67-70(63,64)66-52-54(50-59)68-57(61)48-45-42-39-36-33-30-28-25-23-20-17-14-11-8-5-2/h7,10,16-17,19-20,24-26,28-29,31,37,40,54-55,59H,4-6,8-9,11-15,18,21-23,27,30,32-36,38-39,41-53H2,1-3H3,(H,63,64)/b10-7-,19-16-,20-17-,26-24-,28-25-,31-29-,40-37-. The Hall–Kier alpha value is -3.34. The largest absolute Gasteiger partial charge is 0.472 e. The van der Waals surface area contributed by atoms with E-state index in [1.54, 1.807) is 0 Å². The van der Waals surface area contributed by atoms with Gasteiger partial charge in [-0.05, 0) is 89.9 Å². The van der Waals surface area contributed by atoms with Crippen molar-refractivity contribution in [3.05, 3.63) is 85.1 Å². The van der Waals surface area contributed by atoms with Crippen LogP contribution in [-0.2, 0) is 42.2 Å². The Labute approximate surface area is 426 Å². The molecule has 0 aliphatic heterocycles. The zero-order valence-electron chi connectivity index (χ0n) is 44.2. The second kappa shape index (κ2) is 52.0. The maximum absolute atomic E-state index is 12.9. The molecule has 402 valence electrons. The molecule has 0 aliphatic rings. The van der Waals surface area contributed by atoms with Crippen molar-refractivity contribution >= 4 is 25.7 Å². The van der Waals surface area contributed by atoms with Gasteiger partial charge >= 0.3 is 25.7 Å². The highest BCUT2D eigenvalue weighted by atomic mass is 31.2. The number of esters is 3. The summed E-state index contributed by atoms with van der Waals surface area (Å²) >= 11 is 0. The predicted molar refractivity (Wildman–Crippen MR) is 288 cm³/mol. The van der Waals surface area contributed by atoms with E-state index in [4.69, 9.17) is 23.3 Å². The summed E-state index contributed by atoms with van der Waals surface area (Å²) in [4.78, 5) is 48.4. The van der Waals surface area contributed by atoms with Gasteiger partial charge in [-0.1, -0.05) is 202 Å². The Kier molecular flexibility index (Phi) is 49.5. The SMILES string of the molecule is CC/C=C\C/C=C\C/C=C\C/C=C\C/C=C\CCCC(=O)OC(COC(=O)CCCCCCCCCCCCC)COP(=O)(O)OCC(CO)OC(=O)CCCCCCC/C=C\C/C=C\CCCCC. The Bertz CT molecular complexity index is 1500. The number of rotatable bonds is 50. The van der Waals surface area contributed by atoms with Gasteiger partial charge in [0.2, 0.25) is 0 Å². The Balaban J connectivity index is 4.80. The van der Waals surface area contributed by atoms with Crippen molar-refractivity contribution in [1.82, 2.24) is 0 Å². The molecule has 0 saturated heterocycles. The van der Waals surface area contributed by atoms with E-state index in [0.717, 1.165) is 96.3 Å². The van der Waals surface area contributed by atoms with Crippen LogP contribution in [0.3, 0.4) is 0 Å². The van der Waals surface area contributed by atoms with Gasteiger partial charge in [-0.3, -0.25) is 23.4 Å². The van der Waals surface area contributed by atoms with Crippen LogP contribution in [0.1, 0.15) is 226 Å². The zero-order valence-corrected chi connectivity index (χ0v) is 45.1. The van der Waals surface area contributed by atoms with E-state index in [0.29, 0.717) is 25.7 Å². The molecule has 0 fully saturated rings. The molecule has 2 N–H and O–H groups in total. The number of phosphoric acid groups is 1. The molecule has 0 aromatic heterocycles. The second-order valence-corrected chi connectivity index (χ2v) is 19.5. The summed E-state index contributed by atoms with van der Waals surface area (Å²) < 4.78 is 39.3. The van der Waals surface area contributed by atoms with Crippen molar-refractivity contribution in [2.24, 2.45) is 0 Å². The van der Waals surface area contributed by atoms with Crippen LogP contribution in [0.4, 0.5) is 0 Å². The van der Waals surface area contributed by atoms with E-state index in [1.807, 2.05) is 12.2 Å². The average molecular weight is 1000 g/mol. The van der Waals surface area contributed by atoms with E-state index in [-0.39, 0.29) is 25.9 Å². The van der Waals surface area contributed by atoms with Crippen LogP contribution in [0.2, 0.25) is 0 Å². The fourth-order valence-electron chi connectivity index (χ4n) is 7.13. The number of aliphatic hydroxyl groups excluding tert-OH is 1. The van der Waals surface area contributed by atoms with Crippen LogP contribution in [0.5, 0.6) is 0 Å². The highest BCUT2D eigenvalue weighted by molar-refractivity contribution is 7.47. The van der Waals surface area contributed by atoms with Crippen LogP contribution < -0.4 is 0 Å². The zero-order chi connectivity index (χ0) is 51.3. The first kappa shape index (κ1) is 66.7. The summed E-state index contributed by atoms with van der Waals surface area (Å²) in [6.45, 7) is 4.41. The minimum Gasteiger partial charge on any atom is -0.462 e. The van der Waals surface area contributed by atoms with Crippen LogP contribution in [0.15, 0.2) is 85.1 Å². The molecule has 0 heterocycles. The summed E-state index contributed by atoms with van der Waals surface area (Å²) in [6, 6.07) is 0. The van der Waals surface area contributed by atoms with Crippen molar-refractivity contribution < 1.29 is 52.2 Å². The molecule has 0 amide bonds. The summed E-state index contributed by atoms with van der Waals surface area (Å²) in [5, 5.41) is 9.79. The number of hydrogen-bond donors (Lipinski definition) is 2. The van der Waals surface area contributed by atoms with Gasteiger partial charge < -0.3 is 24.2 Å². The molecule has 0 aliphatic carbocycles. The molecule has 0 aromatic carbocycles. The maximum Gasteiger partial charge on any atom is 0.472 e. The maximum atomic E-state index is 12.9. The number of hydrogen-bond acceptors (Lipinski definition) is 10. The van der Waals surface area contributed by atoms with E-state index >= 15 is 0 Å². The molecule has 70 heavy (non-hydrogen) atoms. The number of unbranched alkanes of at least 4 members (excludes halogenated alkanes) is 19. The van der Waals surface area contributed by atoms with Crippen LogP contribution in [-0.4, -0.2) is 66.5 Å². The predicted octanol–water partition coefficient (Wildman–Crippen LogP) is 15.9. The summed E-state index contributed by atoms with van der Waals surface area (Å²) in [5.74, 6) is -1.55. The van der Waals surface area contributed by atoms with Gasteiger partial charge in [-0.2, -0.15) is 0 Å². The smallest absolute Gasteiger partial charge is 0.462 e. The van der Waals surface area contributed by atoms with Crippen LogP contribution >= 0.6 is 7.82 Å². The van der Waals surface area contributed by atoms with E-state index < -0.39 is 57.8 Å². The molecule has 0 bridgehead atoms. The van der Waals surface area contributed by atoms with Crippen molar-refractivity contribution in [3.63, 3.8) is 0 Å². The quantitative estimate of drug-likeness (QED) is 0.0197. The van der Waals surface area contributed by atoms with Crippen LogP contribution in [0.25, 0.3) is 0 Å². The fraction of sp³-hybridized carbons (Fsp3) is 0.707. The van der Waals surface area contributed by atoms with Gasteiger partial charge in [0.1, 0.15) is 12.7 Å². The van der Waals surface area contributed by atoms with Crippen molar-refractivity contribution in [3.8, 4) is 0 Å². The third-order valence-corrected chi connectivity index (χ3v) is 12.3. The Morgan fingerprint density at radius 3 is 1.23 bits per heavy atom. The fourth-order valence-corrected chi connectivity index (χ4v) is 7.91. The number of aliphatic hydroxyl groups is 1. The van der Waals surface area contributed by atoms with E-state index in [1.165, 1.54) is 64.2 Å². The summed E-state index contributed by atoms with van der Waals surface area (Å²) in [6.07, 6.45) is 58.4. The second-order valence-electron chi connectivity index (χ2n) is 18.0. The van der Waals surface area contributed by atoms with Gasteiger partial charge in [-0.15, -0.1) is 0 Å². The Morgan fingerprint density at radius 1 is 0.414 bits per heavy atom. The third kappa shape index (κ3) is 49.6. The van der Waals surface area contributed by atoms with Crippen molar-refractivity contribution in [2.45, 2.75) is 238 Å². The molecular formula is C58H99O11P. The highest BCUT2D eigenvalue weighted by Crippen LogP contribution is 2.43. The molecule has 12 heteroatoms. The monoisotopic (exact) mass is 1000 g/mol. The first-order valence-electron chi connectivity index (χ1n) is 27.5. The lowest BCUT2D eigenvalue weighted by molar-refractivity contribution is -0.161. The van der Waals surface area contributed by atoms with Gasteiger partial charge in [0, 0.05) is 19.3 Å². The summed E-state index contributed by atoms with van der Waals surface area (Å²) in [7, 11) is -4.76. The lowest BCUT2D eigenvalue weighted by atomic mass is 10.1. The van der Waals surface area contributed by atoms with E-state index in [2.05, 4.69) is 93.7 Å². The van der Waals surface area contributed by atoms with Gasteiger partial charge in [0.05, 0.1) is 19.8 Å². The number of phosphoric ester groups is 1. The molecule has 0 saturated carbocycles. The molecule has 0 rings (SSSR count). The van der Waals surface area contributed by atoms with E-state index in [9.17, 15) is 28.9 Å². The average Bonchev–Trinajstić information content (AvgIpc) is 3.35. The number of carbonyl (C=O) groups is 3. The van der Waals surface area contributed by atoms with Crippen LogP contribution in [0, 0.1) is 0 Å². The van der Waals surface area contributed by atoms with Gasteiger partial charge in [-0.25, -0.2) is 4.57 Å². The topological polar surface area (TPSA) is 155 Å². The minimum atomic E-state index is -4.76. The molecule has 0 radical (unpaired) electrons. The van der Waals surface area contributed by atoms with Gasteiger partial charge in [0.15, 0.2) is 6.10 Å². The molecule has 0 spiro atoms. The van der Waals surface area contributed by atoms with Crippen molar-refractivity contribution in [1.29, 1.82) is 0 Å². The Morgan fingerprint density at radius 2 is 0.757 bits per heavy atom. The number of ether oxygens (including phenoxy) is 3. The molecule has 11 nitrogen and oxygen atoms in total. The minimum absolute atomic E-state index is 0.0868. The lowest BCUT2D eigenvalue weighted by Crippen LogP contribution is -2.30. The number of carbonyl (C=O) groups excluding carboxylic acids is 3. The lowest BCUT2D eigenvalue weighted by Gasteiger charge is -2.21. The van der Waals surface area contributed by atoms with Gasteiger partial charge in [0.25, 0.3) is 0 Å². The number of allylic oxidation sites excluding steroid dienone is 14. The summed E-state index contributed by atoms with van der Waals surface area (Å²) in [5.41, 5.74) is 0. The van der Waals surface area contributed by atoms with Crippen molar-refractivity contribution in [2.75, 3.05) is 26.4 Å². The highest BCUT2D eigenvalue weighted by Gasteiger charge is 2.28. The molecule has 3 unspecified atom stereocenters. The first-order chi connectivity index (χ1) is 34.2. The molecule has 0 aromatic rings. The third-order valence-electron chi connectivity index (χ3n) is 11.3. The molecule has 3 atom stereocenters. The first-order valence-corrected chi connectivity index (χ1v) is 29.0. The normalized spacial score (nSPS) is 14.1. The molecular weight excluding hydrogens is 904 g/mol.